The molecule has 0 aromatic heterocycles. The molecule has 0 spiro atoms. The van der Waals surface area contributed by atoms with Gasteiger partial charge in [0.15, 0.2) is 11.2 Å². The molecule has 0 bridgehead atoms. The molecule has 0 aromatic carbocycles. The van der Waals surface area contributed by atoms with Gasteiger partial charge in [0, 0.05) is 5.92 Å². The van der Waals surface area contributed by atoms with Crippen LogP contribution in [0.5, 0.6) is 0 Å². The van der Waals surface area contributed by atoms with Crippen LogP contribution < -0.4 is 0 Å². The first kappa shape index (κ1) is 13.3. The Kier molecular flexibility index (Phi) is 2.78. The van der Waals surface area contributed by atoms with Crippen LogP contribution in [0.25, 0.3) is 0 Å². The zero-order valence-electron chi connectivity index (χ0n) is 11.9. The lowest BCUT2D eigenvalue weighted by molar-refractivity contribution is -0.172. The summed E-state index contributed by atoms with van der Waals surface area (Å²) in [6, 6.07) is 0. The van der Waals surface area contributed by atoms with Crippen LogP contribution in [0.15, 0.2) is 11.1 Å². The Morgan fingerprint density at radius 3 is 2.30 bits per heavy atom. The van der Waals surface area contributed by atoms with E-state index in [1.807, 2.05) is 0 Å². The van der Waals surface area contributed by atoms with Gasteiger partial charge < -0.3 is 9.47 Å². The van der Waals surface area contributed by atoms with Gasteiger partial charge in [0.1, 0.15) is 0 Å². The average Bonchev–Trinajstić information content (AvgIpc) is 3.08. The first-order valence-corrected chi connectivity index (χ1v) is 6.89. The summed E-state index contributed by atoms with van der Waals surface area (Å²) < 4.78 is 9.78. The first-order valence-electron chi connectivity index (χ1n) is 6.89. The van der Waals surface area contributed by atoms with Crippen molar-refractivity contribution in [2.24, 2.45) is 23.2 Å². The van der Waals surface area contributed by atoms with Crippen molar-refractivity contribution in [1.29, 1.82) is 0 Å². The zero-order chi connectivity index (χ0) is 14.7. The number of ketones is 1. The standard InChI is InChI=1S/C15H18O5/c1-7-9-6-15(13(17)19-2,14(18)20-3)10-5-4-8(11(9)10)12(7)16/h8,10-11H,4-6H2,1-3H3. The van der Waals surface area contributed by atoms with E-state index in [1.54, 1.807) is 6.92 Å². The Hall–Kier alpha value is -1.65. The lowest BCUT2D eigenvalue weighted by Crippen LogP contribution is -2.44. The third-order valence-electron chi connectivity index (χ3n) is 5.45. The number of hydrogen-bond acceptors (Lipinski definition) is 5. The first-order chi connectivity index (χ1) is 9.48. The number of carbonyl (C=O) groups excluding carboxylic acids is 3. The van der Waals surface area contributed by atoms with E-state index in [1.165, 1.54) is 14.2 Å². The van der Waals surface area contributed by atoms with Crippen molar-refractivity contribution in [2.75, 3.05) is 14.2 Å². The fourth-order valence-corrected chi connectivity index (χ4v) is 4.59. The Labute approximate surface area is 117 Å². The topological polar surface area (TPSA) is 69.7 Å². The Morgan fingerprint density at radius 2 is 1.75 bits per heavy atom. The summed E-state index contributed by atoms with van der Waals surface area (Å²) in [6.07, 6.45) is 1.71. The van der Waals surface area contributed by atoms with Gasteiger partial charge in [-0.25, -0.2) is 0 Å². The molecule has 3 unspecified atom stereocenters. The highest BCUT2D eigenvalue weighted by Crippen LogP contribution is 2.64. The molecule has 5 heteroatoms. The number of carbonyl (C=O) groups is 3. The summed E-state index contributed by atoms with van der Waals surface area (Å²) in [4.78, 5) is 36.8. The largest absolute Gasteiger partial charge is 0.468 e. The molecule has 0 saturated heterocycles. The minimum Gasteiger partial charge on any atom is -0.468 e. The summed E-state index contributed by atoms with van der Waals surface area (Å²) in [7, 11) is 2.58. The molecular formula is C15H18O5. The van der Waals surface area contributed by atoms with Gasteiger partial charge in [0.25, 0.3) is 0 Å². The van der Waals surface area contributed by atoms with Crippen molar-refractivity contribution in [2.45, 2.75) is 26.2 Å². The summed E-state index contributed by atoms with van der Waals surface area (Å²) in [5.74, 6) is -1.05. The third-order valence-corrected chi connectivity index (χ3v) is 5.45. The summed E-state index contributed by atoms with van der Waals surface area (Å²) in [5, 5.41) is 0. The number of allylic oxidation sites excluding steroid dienone is 2. The summed E-state index contributed by atoms with van der Waals surface area (Å²) in [6.45, 7) is 1.80. The van der Waals surface area contributed by atoms with Crippen LogP contribution in [0, 0.1) is 23.2 Å². The molecule has 2 saturated carbocycles. The van der Waals surface area contributed by atoms with Gasteiger partial charge in [-0.15, -0.1) is 0 Å². The lowest BCUT2D eigenvalue weighted by Gasteiger charge is -2.29. The van der Waals surface area contributed by atoms with Crippen LogP contribution in [0.2, 0.25) is 0 Å². The van der Waals surface area contributed by atoms with Gasteiger partial charge in [0.05, 0.1) is 14.2 Å². The zero-order valence-corrected chi connectivity index (χ0v) is 11.9. The summed E-state index contributed by atoms with van der Waals surface area (Å²) in [5.41, 5.74) is 0.456. The maximum Gasteiger partial charge on any atom is 0.323 e. The van der Waals surface area contributed by atoms with Crippen molar-refractivity contribution < 1.29 is 23.9 Å². The van der Waals surface area contributed by atoms with Crippen LogP contribution >= 0.6 is 0 Å². The maximum absolute atomic E-state index is 12.3. The lowest BCUT2D eigenvalue weighted by atomic mass is 9.75. The van der Waals surface area contributed by atoms with Gasteiger partial charge >= 0.3 is 11.9 Å². The Bertz CT molecular complexity index is 528. The summed E-state index contributed by atoms with van der Waals surface area (Å²) >= 11 is 0. The maximum atomic E-state index is 12.3. The van der Waals surface area contributed by atoms with Crippen molar-refractivity contribution >= 4 is 17.7 Å². The van der Waals surface area contributed by atoms with E-state index in [0.717, 1.165) is 17.6 Å². The van der Waals surface area contributed by atoms with Crippen LogP contribution in [0.4, 0.5) is 0 Å². The highest BCUT2D eigenvalue weighted by molar-refractivity contribution is 6.06. The van der Waals surface area contributed by atoms with Gasteiger partial charge in [-0.1, -0.05) is 5.57 Å². The molecule has 5 nitrogen and oxygen atoms in total. The van der Waals surface area contributed by atoms with Crippen molar-refractivity contribution in [3.8, 4) is 0 Å². The van der Waals surface area contributed by atoms with E-state index < -0.39 is 17.4 Å². The number of esters is 2. The van der Waals surface area contributed by atoms with Gasteiger partial charge in [-0.05, 0) is 43.6 Å². The highest BCUT2D eigenvalue weighted by Gasteiger charge is 2.68. The number of rotatable bonds is 2. The van der Waals surface area contributed by atoms with E-state index in [2.05, 4.69) is 0 Å². The molecule has 0 amide bonds. The molecule has 108 valence electrons. The second-order valence-electron chi connectivity index (χ2n) is 5.96. The van der Waals surface area contributed by atoms with Crippen LogP contribution in [0.1, 0.15) is 26.2 Å². The molecule has 3 aliphatic carbocycles. The number of hydrogen-bond donors (Lipinski definition) is 0. The second-order valence-corrected chi connectivity index (χ2v) is 5.96. The van der Waals surface area contributed by atoms with Crippen LogP contribution in [0.3, 0.4) is 0 Å². The van der Waals surface area contributed by atoms with E-state index in [4.69, 9.17) is 9.47 Å². The second kappa shape index (κ2) is 4.17. The molecule has 0 aliphatic heterocycles. The molecular weight excluding hydrogens is 260 g/mol. The van der Waals surface area contributed by atoms with Crippen molar-refractivity contribution in [1.82, 2.24) is 0 Å². The third kappa shape index (κ3) is 1.30. The fourth-order valence-electron chi connectivity index (χ4n) is 4.59. The minimum absolute atomic E-state index is 0.0284. The average molecular weight is 278 g/mol. The fraction of sp³-hybridized carbons (Fsp3) is 0.667. The molecule has 0 aromatic rings. The number of ether oxygens (including phenoxy) is 2. The minimum atomic E-state index is -1.25. The molecule has 0 radical (unpaired) electrons. The Balaban J connectivity index is 2.14. The van der Waals surface area contributed by atoms with Gasteiger partial charge in [-0.3, -0.25) is 14.4 Å². The van der Waals surface area contributed by atoms with Crippen molar-refractivity contribution in [3.05, 3.63) is 11.1 Å². The van der Waals surface area contributed by atoms with Gasteiger partial charge in [0.2, 0.25) is 0 Å². The van der Waals surface area contributed by atoms with Gasteiger partial charge in [-0.2, -0.15) is 0 Å². The SMILES string of the molecule is COC(=O)C1(C(=O)OC)CC2=C(C)C(=O)C3CCC1C23. The molecule has 2 fully saturated rings. The van der Waals surface area contributed by atoms with Crippen LogP contribution in [-0.4, -0.2) is 31.9 Å². The Morgan fingerprint density at radius 1 is 1.15 bits per heavy atom. The van der Waals surface area contributed by atoms with E-state index >= 15 is 0 Å². The van der Waals surface area contributed by atoms with E-state index in [-0.39, 0.29) is 30.0 Å². The molecule has 0 N–H and O–H groups in total. The smallest absolute Gasteiger partial charge is 0.323 e. The molecule has 20 heavy (non-hydrogen) atoms. The van der Waals surface area contributed by atoms with Crippen LogP contribution in [-0.2, 0) is 23.9 Å². The normalized spacial score (nSPS) is 33.4. The van der Waals surface area contributed by atoms with E-state index in [0.29, 0.717) is 6.42 Å². The molecule has 3 aliphatic rings. The quantitative estimate of drug-likeness (QED) is 0.562. The highest BCUT2D eigenvalue weighted by atomic mass is 16.5. The number of methoxy groups -OCH3 is 2. The predicted octanol–water partition coefficient (Wildman–Crippen LogP) is 1.26. The predicted molar refractivity (Wildman–Crippen MR) is 68.5 cm³/mol. The number of Topliss-reactive ketones (excluding diaryl/α,β-unsaturated/α-hetero) is 1. The molecule has 3 atom stereocenters. The van der Waals surface area contributed by atoms with E-state index in [9.17, 15) is 14.4 Å². The van der Waals surface area contributed by atoms with Crippen molar-refractivity contribution in [3.63, 3.8) is 0 Å². The monoisotopic (exact) mass is 278 g/mol. The molecule has 3 rings (SSSR count). The molecule has 0 heterocycles.